The van der Waals surface area contributed by atoms with Crippen molar-refractivity contribution in [3.8, 4) is 0 Å². The number of aromatic nitrogens is 2. The Hall–Kier alpha value is -3.98. The topological polar surface area (TPSA) is 105 Å². The second-order valence-corrected chi connectivity index (χ2v) is 9.82. The zero-order valence-corrected chi connectivity index (χ0v) is 20.1. The number of rotatable bonds is 10. The summed E-state index contributed by atoms with van der Waals surface area (Å²) in [6, 6.07) is 24.4. The molecule has 3 aromatic carbocycles. The number of benzene rings is 3. The molecule has 4 rings (SSSR count). The average Bonchev–Trinajstić information content (AvgIpc) is 3.31. The smallest absolute Gasteiger partial charge is 0.264 e. The van der Waals surface area contributed by atoms with E-state index < -0.39 is 10.0 Å². The molecule has 0 bridgehead atoms. The van der Waals surface area contributed by atoms with Gasteiger partial charge in [0.15, 0.2) is 5.82 Å². The summed E-state index contributed by atoms with van der Waals surface area (Å²) < 4.78 is 33.8. The van der Waals surface area contributed by atoms with Gasteiger partial charge in [0.25, 0.3) is 15.9 Å². The number of hydrogen-bond acceptors (Lipinski definition) is 6. The molecule has 0 aliphatic rings. The van der Waals surface area contributed by atoms with E-state index in [-0.39, 0.29) is 22.9 Å². The zero-order valence-electron chi connectivity index (χ0n) is 19.3. The molecule has 0 saturated heterocycles. The molecule has 0 saturated carbocycles. The molecule has 0 aliphatic carbocycles. The van der Waals surface area contributed by atoms with E-state index in [1.165, 1.54) is 16.4 Å². The van der Waals surface area contributed by atoms with Crippen LogP contribution in [0.2, 0.25) is 0 Å². The number of anilines is 1. The minimum Gasteiger partial charge on any atom is -0.352 e. The molecule has 0 radical (unpaired) electrons. The minimum atomic E-state index is -3.94. The van der Waals surface area contributed by atoms with Crippen molar-refractivity contribution in [3.05, 3.63) is 108 Å². The van der Waals surface area contributed by atoms with Crippen LogP contribution in [0.1, 0.15) is 34.1 Å². The van der Waals surface area contributed by atoms with Crippen LogP contribution in [0.5, 0.6) is 0 Å². The normalized spacial score (nSPS) is 11.2. The molecule has 0 atom stereocenters. The molecule has 1 N–H and O–H groups in total. The van der Waals surface area contributed by atoms with E-state index in [0.29, 0.717) is 36.8 Å². The number of aryl methyl sites for hydroxylation is 2. The standard InChI is InChI=1S/C26H26N4O4S/c1-20-28-25(34-29-20)16-9-17-27-26(31)22-12-8-15-24(18-22)35(32,33)30(23-13-6-3-7-14-23)19-21-10-4-2-5-11-21/h2-8,10-15,18H,9,16-17,19H2,1H3,(H,27,31). The Kier molecular flexibility index (Phi) is 7.57. The van der Waals surface area contributed by atoms with Gasteiger partial charge in [0.2, 0.25) is 5.89 Å². The lowest BCUT2D eigenvalue weighted by Crippen LogP contribution is -2.31. The molecule has 180 valence electrons. The van der Waals surface area contributed by atoms with Gasteiger partial charge in [0.1, 0.15) is 0 Å². The van der Waals surface area contributed by atoms with Crippen molar-refractivity contribution in [3.63, 3.8) is 0 Å². The molecule has 0 fully saturated rings. The van der Waals surface area contributed by atoms with Crippen molar-refractivity contribution < 1.29 is 17.7 Å². The minimum absolute atomic E-state index is 0.0475. The summed E-state index contributed by atoms with van der Waals surface area (Å²) >= 11 is 0. The molecular formula is C26H26N4O4S. The fourth-order valence-electron chi connectivity index (χ4n) is 3.57. The van der Waals surface area contributed by atoms with Gasteiger partial charge in [-0.3, -0.25) is 9.10 Å². The van der Waals surface area contributed by atoms with Crippen LogP contribution in [0.25, 0.3) is 0 Å². The number of amides is 1. The molecular weight excluding hydrogens is 464 g/mol. The molecule has 0 unspecified atom stereocenters. The van der Waals surface area contributed by atoms with Gasteiger partial charge in [-0.05, 0) is 49.2 Å². The van der Waals surface area contributed by atoms with Crippen LogP contribution in [0.15, 0.2) is 94.3 Å². The van der Waals surface area contributed by atoms with Gasteiger partial charge in [-0.25, -0.2) is 8.42 Å². The quantitative estimate of drug-likeness (QED) is 0.335. The van der Waals surface area contributed by atoms with Crippen molar-refractivity contribution in [2.75, 3.05) is 10.8 Å². The summed E-state index contributed by atoms with van der Waals surface area (Å²) in [5, 5.41) is 6.56. The third kappa shape index (κ3) is 6.13. The van der Waals surface area contributed by atoms with Crippen molar-refractivity contribution in [2.24, 2.45) is 0 Å². The van der Waals surface area contributed by atoms with E-state index in [9.17, 15) is 13.2 Å². The van der Waals surface area contributed by atoms with Crippen LogP contribution in [-0.2, 0) is 23.0 Å². The van der Waals surface area contributed by atoms with E-state index in [4.69, 9.17) is 4.52 Å². The molecule has 0 spiro atoms. The highest BCUT2D eigenvalue weighted by Gasteiger charge is 2.26. The largest absolute Gasteiger partial charge is 0.352 e. The lowest BCUT2D eigenvalue weighted by Gasteiger charge is -2.25. The van der Waals surface area contributed by atoms with E-state index in [2.05, 4.69) is 15.5 Å². The first kappa shape index (κ1) is 24.2. The van der Waals surface area contributed by atoms with Gasteiger partial charge < -0.3 is 9.84 Å². The predicted octanol–water partition coefficient (Wildman–Crippen LogP) is 4.14. The Labute approximate surface area is 204 Å². The maximum Gasteiger partial charge on any atom is 0.264 e. The van der Waals surface area contributed by atoms with Gasteiger partial charge in [-0.1, -0.05) is 59.8 Å². The summed E-state index contributed by atoms with van der Waals surface area (Å²) in [7, 11) is -3.94. The van der Waals surface area contributed by atoms with E-state index in [0.717, 1.165) is 5.56 Å². The van der Waals surface area contributed by atoms with E-state index in [1.807, 2.05) is 36.4 Å². The van der Waals surface area contributed by atoms with Crippen LogP contribution in [0, 0.1) is 6.92 Å². The maximum absolute atomic E-state index is 13.7. The first-order valence-electron chi connectivity index (χ1n) is 11.2. The molecule has 1 aromatic heterocycles. The van der Waals surface area contributed by atoms with Crippen molar-refractivity contribution in [1.29, 1.82) is 0 Å². The Morgan fingerprint density at radius 3 is 2.37 bits per heavy atom. The Morgan fingerprint density at radius 2 is 1.69 bits per heavy atom. The second-order valence-electron chi connectivity index (χ2n) is 7.96. The number of nitrogens with one attached hydrogen (secondary N) is 1. The van der Waals surface area contributed by atoms with Gasteiger partial charge in [-0.2, -0.15) is 4.98 Å². The number of sulfonamides is 1. The van der Waals surface area contributed by atoms with Crippen LogP contribution >= 0.6 is 0 Å². The predicted molar refractivity (Wildman–Crippen MR) is 132 cm³/mol. The van der Waals surface area contributed by atoms with Crippen LogP contribution in [0.3, 0.4) is 0 Å². The number of carbonyl (C=O) groups excluding carboxylic acids is 1. The van der Waals surface area contributed by atoms with Gasteiger partial charge in [-0.15, -0.1) is 0 Å². The summed E-state index contributed by atoms with van der Waals surface area (Å²) in [5.41, 5.74) is 1.67. The summed E-state index contributed by atoms with van der Waals surface area (Å²) in [5.74, 6) is 0.737. The lowest BCUT2D eigenvalue weighted by atomic mass is 10.2. The number of nitrogens with zero attached hydrogens (tertiary/aromatic N) is 3. The number of para-hydroxylation sites is 1. The van der Waals surface area contributed by atoms with Gasteiger partial charge in [0, 0.05) is 18.5 Å². The molecule has 4 aromatic rings. The summed E-state index contributed by atoms with van der Waals surface area (Å²) in [4.78, 5) is 16.9. The number of hydrogen-bond donors (Lipinski definition) is 1. The Balaban J connectivity index is 1.50. The molecule has 9 heteroatoms. The van der Waals surface area contributed by atoms with Crippen LogP contribution in [0.4, 0.5) is 5.69 Å². The zero-order chi connectivity index (χ0) is 24.7. The van der Waals surface area contributed by atoms with E-state index >= 15 is 0 Å². The SMILES string of the molecule is Cc1noc(CCCNC(=O)c2cccc(S(=O)(=O)N(Cc3ccccc3)c3ccccc3)c2)n1. The van der Waals surface area contributed by atoms with Crippen molar-refractivity contribution in [1.82, 2.24) is 15.5 Å². The number of carbonyl (C=O) groups is 1. The van der Waals surface area contributed by atoms with Crippen LogP contribution in [-0.4, -0.2) is 31.0 Å². The van der Waals surface area contributed by atoms with Gasteiger partial charge >= 0.3 is 0 Å². The van der Waals surface area contributed by atoms with Crippen LogP contribution < -0.4 is 9.62 Å². The summed E-state index contributed by atoms with van der Waals surface area (Å²) in [6.45, 7) is 2.30. The maximum atomic E-state index is 13.7. The Bertz CT molecular complexity index is 1370. The third-order valence-corrected chi connectivity index (χ3v) is 7.09. The highest BCUT2D eigenvalue weighted by Crippen LogP contribution is 2.26. The Morgan fingerprint density at radius 1 is 0.971 bits per heavy atom. The molecule has 1 heterocycles. The summed E-state index contributed by atoms with van der Waals surface area (Å²) in [6.07, 6.45) is 1.16. The van der Waals surface area contributed by atoms with Crippen molar-refractivity contribution in [2.45, 2.75) is 31.2 Å². The first-order chi connectivity index (χ1) is 16.9. The molecule has 1 amide bonds. The first-order valence-corrected chi connectivity index (χ1v) is 12.7. The monoisotopic (exact) mass is 490 g/mol. The average molecular weight is 491 g/mol. The lowest BCUT2D eigenvalue weighted by molar-refractivity contribution is 0.0952. The molecule has 8 nitrogen and oxygen atoms in total. The highest BCUT2D eigenvalue weighted by atomic mass is 32.2. The van der Waals surface area contributed by atoms with Crippen molar-refractivity contribution >= 4 is 21.6 Å². The third-order valence-electron chi connectivity index (χ3n) is 5.32. The fraction of sp³-hybridized carbons (Fsp3) is 0.192. The fourth-order valence-corrected chi connectivity index (χ4v) is 5.07. The highest BCUT2D eigenvalue weighted by molar-refractivity contribution is 7.92. The molecule has 35 heavy (non-hydrogen) atoms. The van der Waals surface area contributed by atoms with Gasteiger partial charge in [0.05, 0.1) is 17.1 Å². The molecule has 0 aliphatic heterocycles. The van der Waals surface area contributed by atoms with E-state index in [1.54, 1.807) is 43.3 Å². The second kappa shape index (κ2) is 11.0.